The second-order valence-electron chi connectivity index (χ2n) is 12.0. The minimum Gasteiger partial charge on any atom is -0.497 e. The van der Waals surface area contributed by atoms with Crippen LogP contribution in [0.5, 0.6) is 11.6 Å². The first-order valence-electron chi connectivity index (χ1n) is 14.3. The van der Waals surface area contributed by atoms with E-state index in [1.54, 1.807) is 49.7 Å². The van der Waals surface area contributed by atoms with E-state index in [9.17, 15) is 8.42 Å². The quantitative estimate of drug-likeness (QED) is 0.270. The van der Waals surface area contributed by atoms with Crippen LogP contribution in [0.15, 0.2) is 65.7 Å². The van der Waals surface area contributed by atoms with E-state index in [1.807, 2.05) is 31.5 Å². The van der Waals surface area contributed by atoms with Crippen LogP contribution < -0.4 is 14.8 Å². The van der Waals surface area contributed by atoms with Gasteiger partial charge in [-0.1, -0.05) is 12.1 Å². The van der Waals surface area contributed by atoms with Gasteiger partial charge in [-0.05, 0) is 75.9 Å². The SMILES string of the molecule is COc1ccc(CN2Cc3c(ccc(Nc4cc([C@H]5CC[C@@H](Oc6cccnn6)C5)nn4C(C)(C)C)c3F)S2(=O)=O)cc1. The van der Waals surface area contributed by atoms with Gasteiger partial charge < -0.3 is 14.8 Å². The summed E-state index contributed by atoms with van der Waals surface area (Å²) in [7, 11) is -2.27. The van der Waals surface area contributed by atoms with Gasteiger partial charge in [0.25, 0.3) is 0 Å². The number of methoxy groups -OCH3 is 1. The zero-order chi connectivity index (χ0) is 30.4. The van der Waals surface area contributed by atoms with Crippen LogP contribution in [0, 0.1) is 5.82 Å². The first-order chi connectivity index (χ1) is 20.5. The summed E-state index contributed by atoms with van der Waals surface area (Å²) in [6.07, 6.45) is 4.18. The molecule has 43 heavy (non-hydrogen) atoms. The summed E-state index contributed by atoms with van der Waals surface area (Å²) in [5.74, 6) is 1.41. The third-order valence-corrected chi connectivity index (χ3v) is 9.81. The fourth-order valence-corrected chi connectivity index (χ4v) is 7.34. The third kappa shape index (κ3) is 5.81. The first kappa shape index (κ1) is 29.1. The van der Waals surface area contributed by atoms with Gasteiger partial charge in [-0.15, -0.1) is 5.10 Å². The number of fused-ring (bicyclic) bond motifs is 1. The number of nitrogens with one attached hydrogen (secondary N) is 1. The number of benzene rings is 2. The van der Waals surface area contributed by atoms with Crippen molar-refractivity contribution in [2.24, 2.45) is 0 Å². The van der Waals surface area contributed by atoms with Crippen molar-refractivity contribution in [3.63, 3.8) is 0 Å². The fraction of sp³-hybridized carbons (Fsp3) is 0.387. The van der Waals surface area contributed by atoms with Crippen molar-refractivity contribution in [3.8, 4) is 11.6 Å². The molecule has 12 heteroatoms. The van der Waals surface area contributed by atoms with Gasteiger partial charge in [0.1, 0.15) is 17.7 Å². The lowest BCUT2D eigenvalue weighted by molar-refractivity contribution is 0.197. The highest BCUT2D eigenvalue weighted by Gasteiger charge is 2.38. The van der Waals surface area contributed by atoms with Crippen LogP contribution in [-0.4, -0.2) is 45.9 Å². The summed E-state index contributed by atoms with van der Waals surface area (Å²) in [5.41, 5.74) is 1.65. The van der Waals surface area contributed by atoms with Crippen LogP contribution in [0.2, 0.25) is 0 Å². The Bertz CT molecular complexity index is 1720. The molecule has 0 radical (unpaired) electrons. The third-order valence-electron chi connectivity index (χ3n) is 7.93. The molecule has 6 rings (SSSR count). The average molecular weight is 607 g/mol. The van der Waals surface area contributed by atoms with E-state index in [-0.39, 0.29) is 46.8 Å². The van der Waals surface area contributed by atoms with Crippen molar-refractivity contribution in [2.45, 2.75) is 75.6 Å². The molecular weight excluding hydrogens is 571 g/mol. The topological polar surface area (TPSA) is 111 Å². The second kappa shape index (κ2) is 11.2. The summed E-state index contributed by atoms with van der Waals surface area (Å²) in [4.78, 5) is -0.00539. The predicted molar refractivity (Wildman–Crippen MR) is 159 cm³/mol. The lowest BCUT2D eigenvalue weighted by atomic mass is 10.0. The molecule has 2 aliphatic rings. The van der Waals surface area contributed by atoms with Gasteiger partial charge in [0.2, 0.25) is 15.9 Å². The lowest BCUT2D eigenvalue weighted by Gasteiger charge is -2.23. The van der Waals surface area contributed by atoms with Crippen LogP contribution >= 0.6 is 0 Å². The molecule has 2 aromatic carbocycles. The number of halogens is 1. The van der Waals surface area contributed by atoms with Crippen LogP contribution in [0.25, 0.3) is 0 Å². The Balaban J connectivity index is 1.22. The van der Waals surface area contributed by atoms with Gasteiger partial charge in [-0.3, -0.25) is 0 Å². The summed E-state index contributed by atoms with van der Waals surface area (Å²) in [6, 6.07) is 15.7. The van der Waals surface area contributed by atoms with Crippen molar-refractivity contribution in [1.29, 1.82) is 0 Å². The van der Waals surface area contributed by atoms with Gasteiger partial charge in [0.05, 0.1) is 28.9 Å². The van der Waals surface area contributed by atoms with E-state index in [2.05, 4.69) is 15.5 Å². The predicted octanol–water partition coefficient (Wildman–Crippen LogP) is 5.74. The number of anilines is 2. The molecule has 2 aromatic heterocycles. The maximum absolute atomic E-state index is 16.0. The minimum absolute atomic E-state index is 0.00539. The Morgan fingerprint density at radius 3 is 2.58 bits per heavy atom. The molecule has 0 unspecified atom stereocenters. The monoisotopic (exact) mass is 606 g/mol. The normalized spacial score (nSPS) is 19.7. The Morgan fingerprint density at radius 1 is 1.09 bits per heavy atom. The number of ether oxygens (including phenoxy) is 2. The molecule has 10 nitrogen and oxygen atoms in total. The molecule has 0 bridgehead atoms. The van der Waals surface area contributed by atoms with E-state index >= 15 is 4.39 Å². The van der Waals surface area contributed by atoms with Gasteiger partial charge in [0, 0.05) is 42.9 Å². The summed E-state index contributed by atoms with van der Waals surface area (Å²) in [6.45, 7) is 6.18. The fourth-order valence-electron chi connectivity index (χ4n) is 5.74. The Kier molecular flexibility index (Phi) is 7.59. The summed E-state index contributed by atoms with van der Waals surface area (Å²) < 4.78 is 56.9. The van der Waals surface area contributed by atoms with Crippen LogP contribution in [0.4, 0.5) is 15.9 Å². The Labute approximate surface area is 250 Å². The molecule has 0 spiro atoms. The lowest BCUT2D eigenvalue weighted by Crippen LogP contribution is -2.25. The highest BCUT2D eigenvalue weighted by molar-refractivity contribution is 7.89. The van der Waals surface area contributed by atoms with Crippen LogP contribution in [-0.2, 0) is 28.7 Å². The highest BCUT2D eigenvalue weighted by Crippen LogP contribution is 2.40. The minimum atomic E-state index is -3.84. The maximum Gasteiger partial charge on any atom is 0.244 e. The van der Waals surface area contributed by atoms with Crippen molar-refractivity contribution < 1.29 is 22.3 Å². The second-order valence-corrected chi connectivity index (χ2v) is 13.9. The van der Waals surface area contributed by atoms with Crippen molar-refractivity contribution in [1.82, 2.24) is 24.3 Å². The summed E-state index contributed by atoms with van der Waals surface area (Å²) >= 11 is 0. The number of hydrogen-bond acceptors (Lipinski definition) is 8. The molecular formula is C31H35FN6O4S. The average Bonchev–Trinajstić information content (AvgIpc) is 3.68. The molecule has 1 N–H and O–H groups in total. The zero-order valence-corrected chi connectivity index (χ0v) is 25.4. The molecule has 0 amide bonds. The van der Waals surface area contributed by atoms with Gasteiger partial charge in [-0.2, -0.15) is 14.5 Å². The van der Waals surface area contributed by atoms with E-state index in [0.29, 0.717) is 17.4 Å². The zero-order valence-electron chi connectivity index (χ0n) is 24.6. The number of nitrogens with zero attached hydrogens (tertiary/aromatic N) is 5. The smallest absolute Gasteiger partial charge is 0.244 e. The van der Waals surface area contributed by atoms with Crippen molar-refractivity contribution in [3.05, 3.63) is 83.4 Å². The molecule has 3 heterocycles. The number of rotatable bonds is 8. The standard InChI is InChI=1S/C31H35FN6O4S/c1-31(2,3)38-28(17-26(36-38)21-9-12-23(16-21)42-29-6-5-15-33-35-29)34-25-13-14-27-24(30(25)32)19-37(43(27,39)40)18-20-7-10-22(41-4)11-8-20/h5-8,10-11,13-15,17,21,23,34H,9,12,16,18-19H2,1-4H3/t21-,23+/m0/s1. The molecule has 1 saturated carbocycles. The van der Waals surface area contributed by atoms with E-state index in [4.69, 9.17) is 14.6 Å². The highest BCUT2D eigenvalue weighted by atomic mass is 32.2. The Morgan fingerprint density at radius 2 is 1.88 bits per heavy atom. The molecule has 0 saturated heterocycles. The van der Waals surface area contributed by atoms with Gasteiger partial charge in [0.15, 0.2) is 5.82 Å². The first-order valence-corrected chi connectivity index (χ1v) is 15.7. The molecule has 1 aliphatic carbocycles. The summed E-state index contributed by atoms with van der Waals surface area (Å²) in [5, 5.41) is 16.1. The van der Waals surface area contributed by atoms with E-state index < -0.39 is 15.8 Å². The van der Waals surface area contributed by atoms with Crippen LogP contribution in [0.3, 0.4) is 0 Å². The molecule has 2 atom stereocenters. The van der Waals surface area contributed by atoms with E-state index in [0.717, 1.165) is 30.5 Å². The van der Waals surface area contributed by atoms with Crippen molar-refractivity contribution in [2.75, 3.05) is 12.4 Å². The van der Waals surface area contributed by atoms with Crippen LogP contribution in [0.1, 0.15) is 62.8 Å². The molecule has 226 valence electrons. The maximum atomic E-state index is 16.0. The number of aromatic nitrogens is 4. The largest absolute Gasteiger partial charge is 0.497 e. The van der Waals surface area contributed by atoms with Crippen molar-refractivity contribution >= 4 is 21.5 Å². The van der Waals surface area contributed by atoms with Gasteiger partial charge >= 0.3 is 0 Å². The molecule has 4 aromatic rings. The number of hydrogen-bond donors (Lipinski definition) is 1. The molecule has 1 aliphatic heterocycles. The Hall–Kier alpha value is -4.03. The number of sulfonamides is 1. The van der Waals surface area contributed by atoms with E-state index in [1.165, 1.54) is 16.4 Å². The van der Waals surface area contributed by atoms with Gasteiger partial charge in [-0.25, -0.2) is 17.5 Å². The molecule has 1 fully saturated rings.